The zero-order valence-corrected chi connectivity index (χ0v) is 16.7. The number of anilines is 1. The van der Waals surface area contributed by atoms with E-state index in [0.717, 1.165) is 24.6 Å². The lowest BCUT2D eigenvalue weighted by Crippen LogP contribution is -2.49. The first-order chi connectivity index (χ1) is 13.9. The van der Waals surface area contributed by atoms with E-state index in [9.17, 15) is 13.6 Å². The van der Waals surface area contributed by atoms with Crippen molar-refractivity contribution in [2.45, 2.75) is 13.5 Å². The fraction of sp³-hybridized carbons (Fsp3) is 0.350. The average molecular weight is 407 g/mol. The molecule has 2 rings (SSSR count). The number of piperazine rings is 1. The molecule has 1 fully saturated rings. The molecule has 0 atom stereocenters. The summed E-state index contributed by atoms with van der Waals surface area (Å²) in [5, 5.41) is 2.80. The van der Waals surface area contributed by atoms with Gasteiger partial charge in [-0.1, -0.05) is 19.2 Å². The fourth-order valence-corrected chi connectivity index (χ4v) is 2.39. The standard InChI is InChI=1S/C13H19N3O.C7H8F2N2O/c1-4-7-14-12(5-2)15-8-10-16(11-9-15)13(17)6-3;1-10-5-2-3-6(11-4-5)12-7(8)9/h4-7H,2-3,8-11H2,1H3;2-4,7,10H,1H3/b7-4-,14-12?;. The van der Waals surface area contributed by atoms with Crippen molar-refractivity contribution in [3.05, 3.63) is 55.9 Å². The first kappa shape index (κ1) is 23.8. The summed E-state index contributed by atoms with van der Waals surface area (Å²) in [6.45, 7) is 9.31. The number of rotatable bonds is 6. The summed E-state index contributed by atoms with van der Waals surface area (Å²) in [6, 6.07) is 2.97. The Morgan fingerprint density at radius 2 is 1.90 bits per heavy atom. The Kier molecular flexibility index (Phi) is 10.7. The second-order valence-electron chi connectivity index (χ2n) is 5.70. The van der Waals surface area contributed by atoms with Crippen LogP contribution in [0.1, 0.15) is 6.92 Å². The van der Waals surface area contributed by atoms with Gasteiger partial charge in [-0.15, -0.1) is 0 Å². The third kappa shape index (κ3) is 8.54. The molecule has 2 heterocycles. The molecule has 9 heteroatoms. The van der Waals surface area contributed by atoms with Crippen molar-refractivity contribution in [1.29, 1.82) is 0 Å². The van der Waals surface area contributed by atoms with Gasteiger partial charge < -0.3 is 19.9 Å². The highest BCUT2D eigenvalue weighted by atomic mass is 19.3. The Balaban J connectivity index is 0.000000308. The molecule has 1 aromatic rings. The Bertz CT molecular complexity index is 712. The SMILES string of the molecule is C=CC(=O)N1CCN(C(C=C)=N/C=C\C)CC1.CNc1ccc(OC(F)F)nc1. The van der Waals surface area contributed by atoms with Gasteiger partial charge >= 0.3 is 6.61 Å². The van der Waals surface area contributed by atoms with Crippen molar-refractivity contribution in [2.75, 3.05) is 38.5 Å². The summed E-state index contributed by atoms with van der Waals surface area (Å²) < 4.78 is 27.3. The van der Waals surface area contributed by atoms with Crippen LogP contribution in [0.5, 0.6) is 5.88 Å². The number of hydrogen-bond acceptors (Lipinski definition) is 5. The third-order valence-electron chi connectivity index (χ3n) is 3.86. The first-order valence-electron chi connectivity index (χ1n) is 9.01. The Morgan fingerprint density at radius 1 is 1.24 bits per heavy atom. The molecule has 0 radical (unpaired) electrons. The van der Waals surface area contributed by atoms with Crippen molar-refractivity contribution in [1.82, 2.24) is 14.8 Å². The van der Waals surface area contributed by atoms with Gasteiger partial charge in [0.2, 0.25) is 11.8 Å². The lowest BCUT2D eigenvalue weighted by atomic mass is 10.3. The molecule has 7 nitrogen and oxygen atoms in total. The molecule has 1 saturated heterocycles. The number of carbonyl (C=O) groups excluding carboxylic acids is 1. The predicted octanol–water partition coefficient (Wildman–Crippen LogP) is 3.16. The van der Waals surface area contributed by atoms with Crippen molar-refractivity contribution in [3.8, 4) is 5.88 Å². The fourth-order valence-electron chi connectivity index (χ4n) is 2.39. The molecule has 1 aromatic heterocycles. The normalized spacial score (nSPS) is 14.3. The number of allylic oxidation sites excluding steroid dienone is 1. The number of pyridine rings is 1. The Labute approximate surface area is 170 Å². The maximum absolute atomic E-state index is 11.6. The summed E-state index contributed by atoms with van der Waals surface area (Å²) >= 11 is 0. The average Bonchev–Trinajstić information content (AvgIpc) is 2.75. The van der Waals surface area contributed by atoms with E-state index in [-0.39, 0.29) is 11.8 Å². The molecule has 29 heavy (non-hydrogen) atoms. The maximum Gasteiger partial charge on any atom is 0.388 e. The van der Waals surface area contributed by atoms with Gasteiger partial charge in [0.15, 0.2) is 0 Å². The van der Waals surface area contributed by atoms with Gasteiger partial charge in [-0.2, -0.15) is 8.78 Å². The number of alkyl halides is 2. The lowest BCUT2D eigenvalue weighted by Gasteiger charge is -2.35. The monoisotopic (exact) mass is 407 g/mol. The lowest BCUT2D eigenvalue weighted by molar-refractivity contribution is -0.127. The second kappa shape index (κ2) is 13.0. The summed E-state index contributed by atoms with van der Waals surface area (Å²) in [4.78, 5) is 23.2. The number of ether oxygens (including phenoxy) is 1. The van der Waals surface area contributed by atoms with Crippen LogP contribution in [0.2, 0.25) is 0 Å². The topological polar surface area (TPSA) is 70.1 Å². The van der Waals surface area contributed by atoms with Crippen LogP contribution in [0, 0.1) is 0 Å². The van der Waals surface area contributed by atoms with Gasteiger partial charge in [-0.05, 0) is 25.1 Å². The van der Waals surface area contributed by atoms with E-state index in [2.05, 4.69) is 38.1 Å². The van der Waals surface area contributed by atoms with Gasteiger partial charge in [0.1, 0.15) is 5.84 Å². The molecule has 0 saturated carbocycles. The van der Waals surface area contributed by atoms with Gasteiger partial charge in [0, 0.05) is 45.5 Å². The van der Waals surface area contributed by atoms with E-state index in [0.29, 0.717) is 13.1 Å². The second-order valence-corrected chi connectivity index (χ2v) is 5.70. The minimum Gasteiger partial charge on any atom is -0.417 e. The number of nitrogens with zero attached hydrogens (tertiary/aromatic N) is 4. The van der Waals surface area contributed by atoms with Gasteiger partial charge in [-0.25, -0.2) is 9.98 Å². The zero-order valence-electron chi connectivity index (χ0n) is 16.7. The molecule has 1 aliphatic heterocycles. The number of hydrogen-bond donors (Lipinski definition) is 1. The van der Waals surface area contributed by atoms with Crippen molar-refractivity contribution in [3.63, 3.8) is 0 Å². The number of amides is 1. The van der Waals surface area contributed by atoms with Crippen LogP contribution in [0.25, 0.3) is 0 Å². The molecule has 1 aliphatic rings. The van der Waals surface area contributed by atoms with Crippen LogP contribution in [0.4, 0.5) is 14.5 Å². The highest BCUT2D eigenvalue weighted by molar-refractivity contribution is 5.93. The number of aliphatic imine (C=N–C) groups is 1. The summed E-state index contributed by atoms with van der Waals surface area (Å²) in [7, 11) is 1.71. The number of carbonyl (C=O) groups is 1. The van der Waals surface area contributed by atoms with Crippen LogP contribution >= 0.6 is 0 Å². The van der Waals surface area contributed by atoms with Gasteiger partial charge in [0.05, 0.1) is 11.9 Å². The molecule has 0 bridgehead atoms. The molecule has 0 aromatic carbocycles. The van der Waals surface area contributed by atoms with E-state index >= 15 is 0 Å². The van der Waals surface area contributed by atoms with Crippen LogP contribution < -0.4 is 10.1 Å². The molecule has 0 aliphatic carbocycles. The largest absolute Gasteiger partial charge is 0.417 e. The van der Waals surface area contributed by atoms with Crippen LogP contribution in [-0.4, -0.2) is 66.4 Å². The van der Waals surface area contributed by atoms with E-state index in [4.69, 9.17) is 0 Å². The molecule has 1 N–H and O–H groups in total. The zero-order chi connectivity index (χ0) is 21.6. The summed E-state index contributed by atoms with van der Waals surface area (Å²) in [5.41, 5.74) is 0.747. The van der Waals surface area contributed by atoms with Crippen LogP contribution in [0.3, 0.4) is 0 Å². The van der Waals surface area contributed by atoms with Crippen molar-refractivity contribution < 1.29 is 18.3 Å². The van der Waals surface area contributed by atoms with Crippen molar-refractivity contribution >= 4 is 17.4 Å². The highest BCUT2D eigenvalue weighted by Gasteiger charge is 2.20. The summed E-state index contributed by atoms with van der Waals surface area (Å²) in [6.07, 6.45) is 8.14. The van der Waals surface area contributed by atoms with E-state index in [1.54, 1.807) is 30.3 Å². The first-order valence-corrected chi connectivity index (χ1v) is 9.01. The Morgan fingerprint density at radius 3 is 2.34 bits per heavy atom. The Hall–Kier alpha value is -3.23. The van der Waals surface area contributed by atoms with E-state index < -0.39 is 6.61 Å². The number of halogens is 2. The van der Waals surface area contributed by atoms with E-state index in [1.807, 2.05) is 13.0 Å². The number of amidine groups is 1. The van der Waals surface area contributed by atoms with Gasteiger partial charge in [0.25, 0.3) is 0 Å². The van der Waals surface area contributed by atoms with E-state index in [1.165, 1.54) is 18.3 Å². The molecule has 0 unspecified atom stereocenters. The minimum absolute atomic E-state index is 0.00445. The number of aromatic nitrogens is 1. The van der Waals surface area contributed by atoms with Crippen LogP contribution in [0.15, 0.2) is 60.9 Å². The van der Waals surface area contributed by atoms with Crippen molar-refractivity contribution in [2.24, 2.45) is 4.99 Å². The third-order valence-corrected chi connectivity index (χ3v) is 3.86. The molecule has 0 spiro atoms. The molecular weight excluding hydrogens is 380 g/mol. The summed E-state index contributed by atoms with van der Waals surface area (Å²) in [5.74, 6) is 0.771. The smallest absolute Gasteiger partial charge is 0.388 e. The molecule has 1 amide bonds. The maximum atomic E-state index is 11.6. The molecule has 158 valence electrons. The predicted molar refractivity (Wildman–Crippen MR) is 111 cm³/mol. The quantitative estimate of drug-likeness (QED) is 0.446. The minimum atomic E-state index is -2.82. The van der Waals surface area contributed by atoms with Gasteiger partial charge in [-0.3, -0.25) is 4.79 Å². The molecular formula is C20H27F2N5O2. The van der Waals surface area contributed by atoms with Crippen LogP contribution in [-0.2, 0) is 4.79 Å². The number of nitrogens with one attached hydrogen (secondary N) is 1. The highest BCUT2D eigenvalue weighted by Crippen LogP contribution is 2.12.